The molecule has 0 unspecified atom stereocenters. The van der Waals surface area contributed by atoms with Crippen LogP contribution in [0.3, 0.4) is 0 Å². The van der Waals surface area contributed by atoms with Crippen LogP contribution in [-0.4, -0.2) is 31.6 Å². The van der Waals surface area contributed by atoms with Crippen molar-refractivity contribution in [2.75, 3.05) is 6.54 Å². The topological polar surface area (TPSA) is 102 Å². The van der Waals surface area contributed by atoms with Gasteiger partial charge in [0.15, 0.2) is 11.2 Å². The van der Waals surface area contributed by atoms with Crippen LogP contribution >= 0.6 is 11.6 Å². The third kappa shape index (κ3) is 5.18. The second-order valence-electron chi connectivity index (χ2n) is 7.19. The number of nitrogens with one attached hydrogen (secondary N) is 2. The number of hydrogen-bond acceptors (Lipinski definition) is 4. The number of benzene rings is 1. The minimum atomic E-state index is -0.447. The molecule has 3 aromatic rings. The first-order valence-corrected chi connectivity index (χ1v) is 10.6. The van der Waals surface area contributed by atoms with Crippen molar-refractivity contribution in [1.82, 2.24) is 24.4 Å². The largest absolute Gasteiger partial charge is 0.356 e. The lowest BCUT2D eigenvalue weighted by atomic mass is 10.1. The first-order chi connectivity index (χ1) is 14.5. The van der Waals surface area contributed by atoms with Gasteiger partial charge in [-0.15, -0.1) is 0 Å². The average Bonchev–Trinajstić information content (AvgIpc) is 3.12. The summed E-state index contributed by atoms with van der Waals surface area (Å²) in [5, 5.41) is 2.91. The maximum Gasteiger partial charge on any atom is 0.332 e. The predicted molar refractivity (Wildman–Crippen MR) is 117 cm³/mol. The summed E-state index contributed by atoms with van der Waals surface area (Å²) in [7, 11) is 0. The lowest BCUT2D eigenvalue weighted by molar-refractivity contribution is -0.120. The maximum atomic E-state index is 12.9. The standard InChI is InChI=1S/C21H26ClN5O3/c1-2-3-7-12-26-18-17(24-20(22)25-18)19(29)27(21(26)30)13-8-11-23-16(28)14-15-9-5-4-6-10-15/h4-6,9-10H,2-3,7-8,11-14H2,1H3,(H,23,28)(H,24,25). The van der Waals surface area contributed by atoms with Gasteiger partial charge in [0.05, 0.1) is 6.42 Å². The molecule has 1 amide bonds. The van der Waals surface area contributed by atoms with Gasteiger partial charge in [-0.1, -0.05) is 50.1 Å². The van der Waals surface area contributed by atoms with E-state index < -0.39 is 11.2 Å². The Hall–Kier alpha value is -2.87. The van der Waals surface area contributed by atoms with Crippen molar-refractivity contribution in [2.45, 2.75) is 52.1 Å². The Bertz CT molecular complexity index is 1120. The molecule has 0 aliphatic rings. The molecular formula is C21H26ClN5O3. The van der Waals surface area contributed by atoms with Gasteiger partial charge >= 0.3 is 5.69 Å². The van der Waals surface area contributed by atoms with E-state index in [9.17, 15) is 14.4 Å². The lowest BCUT2D eigenvalue weighted by Gasteiger charge is -2.11. The summed E-state index contributed by atoms with van der Waals surface area (Å²) in [5.41, 5.74) is 0.602. The number of imidazole rings is 1. The van der Waals surface area contributed by atoms with E-state index >= 15 is 0 Å². The molecule has 0 spiro atoms. The maximum absolute atomic E-state index is 12.9. The summed E-state index contributed by atoms with van der Waals surface area (Å²) < 4.78 is 2.69. The van der Waals surface area contributed by atoms with Crippen LogP contribution in [0.25, 0.3) is 11.2 Å². The zero-order valence-corrected chi connectivity index (χ0v) is 17.7. The van der Waals surface area contributed by atoms with Crippen molar-refractivity contribution < 1.29 is 4.79 Å². The Morgan fingerprint density at radius 3 is 2.57 bits per heavy atom. The number of halogens is 1. The zero-order valence-electron chi connectivity index (χ0n) is 17.0. The number of aryl methyl sites for hydroxylation is 1. The molecule has 0 saturated carbocycles. The molecule has 0 aliphatic carbocycles. The lowest BCUT2D eigenvalue weighted by Crippen LogP contribution is -2.41. The van der Waals surface area contributed by atoms with E-state index in [2.05, 4.69) is 22.2 Å². The normalized spacial score (nSPS) is 11.1. The summed E-state index contributed by atoms with van der Waals surface area (Å²) in [6.45, 7) is 3.12. The SMILES string of the molecule is CCCCCn1c(=O)n(CCCNC(=O)Cc2ccccc2)c(=O)c2[nH]c(Cl)nc21. The van der Waals surface area contributed by atoms with Crippen LogP contribution in [0, 0.1) is 0 Å². The van der Waals surface area contributed by atoms with Gasteiger partial charge in [0.1, 0.15) is 0 Å². The van der Waals surface area contributed by atoms with Crippen molar-refractivity contribution in [2.24, 2.45) is 0 Å². The van der Waals surface area contributed by atoms with Crippen LogP contribution in [0.15, 0.2) is 39.9 Å². The number of carbonyl (C=O) groups excluding carboxylic acids is 1. The van der Waals surface area contributed by atoms with Crippen LogP contribution in [0.4, 0.5) is 0 Å². The molecule has 30 heavy (non-hydrogen) atoms. The number of unbranched alkanes of at least 4 members (excludes halogenated alkanes) is 2. The molecule has 0 aliphatic heterocycles. The van der Waals surface area contributed by atoms with E-state index in [1.54, 1.807) is 0 Å². The molecule has 2 N–H and O–H groups in total. The zero-order chi connectivity index (χ0) is 21.5. The van der Waals surface area contributed by atoms with Crippen molar-refractivity contribution in [1.29, 1.82) is 0 Å². The molecule has 0 saturated heterocycles. The van der Waals surface area contributed by atoms with E-state index in [0.29, 0.717) is 31.6 Å². The van der Waals surface area contributed by atoms with Crippen LogP contribution < -0.4 is 16.6 Å². The van der Waals surface area contributed by atoms with Crippen LogP contribution in [0.5, 0.6) is 0 Å². The Labute approximate surface area is 178 Å². The molecule has 1 aromatic carbocycles. The van der Waals surface area contributed by atoms with Gasteiger partial charge in [0, 0.05) is 19.6 Å². The molecule has 160 valence electrons. The van der Waals surface area contributed by atoms with Gasteiger partial charge in [-0.05, 0) is 30.0 Å². The fourth-order valence-corrected chi connectivity index (χ4v) is 3.54. The van der Waals surface area contributed by atoms with Gasteiger partial charge in [-0.3, -0.25) is 18.7 Å². The summed E-state index contributed by atoms with van der Waals surface area (Å²) >= 11 is 5.94. The summed E-state index contributed by atoms with van der Waals surface area (Å²) in [6.07, 6.45) is 3.55. The van der Waals surface area contributed by atoms with Crippen molar-refractivity contribution in [3.05, 3.63) is 62.0 Å². The number of rotatable bonds is 10. The highest BCUT2D eigenvalue weighted by Gasteiger charge is 2.16. The van der Waals surface area contributed by atoms with Gasteiger partial charge < -0.3 is 10.3 Å². The molecule has 2 aromatic heterocycles. The van der Waals surface area contributed by atoms with Crippen LogP contribution in [0.1, 0.15) is 38.2 Å². The number of fused-ring (bicyclic) bond motifs is 1. The van der Waals surface area contributed by atoms with Crippen molar-refractivity contribution in [3.63, 3.8) is 0 Å². The Balaban J connectivity index is 1.68. The molecule has 0 bridgehead atoms. The predicted octanol–water partition coefficient (Wildman–Crippen LogP) is 2.48. The summed E-state index contributed by atoms with van der Waals surface area (Å²) in [5.74, 6) is -0.0960. The first kappa shape index (κ1) is 21.8. The van der Waals surface area contributed by atoms with Gasteiger partial charge in [0.2, 0.25) is 11.2 Å². The second-order valence-corrected chi connectivity index (χ2v) is 7.55. The van der Waals surface area contributed by atoms with E-state index in [-0.39, 0.29) is 23.3 Å². The number of H-pyrrole nitrogens is 1. The number of carbonyl (C=O) groups is 1. The molecule has 0 radical (unpaired) electrons. The molecule has 8 nitrogen and oxygen atoms in total. The number of nitrogens with zero attached hydrogens (tertiary/aromatic N) is 3. The van der Waals surface area contributed by atoms with Crippen molar-refractivity contribution in [3.8, 4) is 0 Å². The van der Waals surface area contributed by atoms with Crippen molar-refractivity contribution >= 4 is 28.7 Å². The number of aromatic amines is 1. The fourth-order valence-electron chi connectivity index (χ4n) is 3.37. The van der Waals surface area contributed by atoms with Gasteiger partial charge in [-0.25, -0.2) is 4.79 Å². The highest BCUT2D eigenvalue weighted by molar-refractivity contribution is 6.28. The molecule has 2 heterocycles. The third-order valence-electron chi connectivity index (χ3n) is 4.91. The molecule has 9 heteroatoms. The number of hydrogen-bond donors (Lipinski definition) is 2. The minimum absolute atomic E-state index is 0.0802. The van der Waals surface area contributed by atoms with E-state index in [0.717, 1.165) is 24.8 Å². The van der Waals surface area contributed by atoms with Gasteiger partial charge in [-0.2, -0.15) is 4.98 Å². The highest BCUT2D eigenvalue weighted by Crippen LogP contribution is 2.10. The Kier molecular flexibility index (Phi) is 7.46. The number of aromatic nitrogens is 4. The minimum Gasteiger partial charge on any atom is -0.356 e. The quantitative estimate of drug-likeness (QED) is 0.380. The molecule has 0 fully saturated rings. The van der Waals surface area contributed by atoms with E-state index in [1.807, 2.05) is 30.3 Å². The van der Waals surface area contributed by atoms with E-state index in [1.165, 1.54) is 9.13 Å². The molecule has 0 atom stereocenters. The Morgan fingerprint density at radius 1 is 1.10 bits per heavy atom. The van der Waals surface area contributed by atoms with E-state index in [4.69, 9.17) is 11.6 Å². The fraction of sp³-hybridized carbons (Fsp3) is 0.429. The first-order valence-electron chi connectivity index (χ1n) is 10.2. The Morgan fingerprint density at radius 2 is 1.83 bits per heavy atom. The van der Waals surface area contributed by atoms with Crippen LogP contribution in [-0.2, 0) is 24.3 Å². The summed E-state index contributed by atoms with van der Waals surface area (Å²) in [6, 6.07) is 9.46. The third-order valence-corrected chi connectivity index (χ3v) is 5.08. The molecule has 3 rings (SSSR count). The molecular weight excluding hydrogens is 406 g/mol. The highest BCUT2D eigenvalue weighted by atomic mass is 35.5. The average molecular weight is 432 g/mol. The number of amides is 1. The second kappa shape index (κ2) is 10.2. The van der Waals surface area contributed by atoms with Crippen LogP contribution in [0.2, 0.25) is 5.28 Å². The monoisotopic (exact) mass is 431 g/mol. The summed E-state index contributed by atoms with van der Waals surface area (Å²) in [4.78, 5) is 44.6. The smallest absolute Gasteiger partial charge is 0.332 e. The van der Waals surface area contributed by atoms with Gasteiger partial charge in [0.25, 0.3) is 5.56 Å².